The minimum Gasteiger partial charge on any atom is -0.312 e. The maximum atomic E-state index is 13.7. The molecule has 1 saturated heterocycles. The van der Waals surface area contributed by atoms with E-state index < -0.39 is 10.0 Å². The van der Waals surface area contributed by atoms with E-state index in [2.05, 4.69) is 15.9 Å². The third-order valence-electron chi connectivity index (χ3n) is 6.70. The zero-order valence-corrected chi connectivity index (χ0v) is 19.7. The number of aromatic nitrogens is 1. The fourth-order valence-corrected chi connectivity index (χ4v) is 7.86. The van der Waals surface area contributed by atoms with Crippen molar-refractivity contribution in [3.05, 3.63) is 56.4 Å². The molecule has 31 heavy (non-hydrogen) atoms. The van der Waals surface area contributed by atoms with E-state index in [4.69, 9.17) is 0 Å². The highest BCUT2D eigenvalue weighted by Crippen LogP contribution is 2.40. The number of benzene rings is 1. The minimum atomic E-state index is -3.76. The van der Waals surface area contributed by atoms with E-state index in [0.717, 1.165) is 24.1 Å². The Kier molecular flexibility index (Phi) is 5.10. The van der Waals surface area contributed by atoms with Gasteiger partial charge in [-0.15, -0.1) is 0 Å². The van der Waals surface area contributed by atoms with Crippen LogP contribution < -0.4 is 10.5 Å². The molecule has 0 spiro atoms. The topological polar surface area (TPSA) is 79.7 Å². The molecule has 2 aromatic rings. The second-order valence-electron chi connectivity index (χ2n) is 8.58. The molecule has 4 heterocycles. The maximum Gasteiger partial charge on any atom is 0.250 e. The van der Waals surface area contributed by atoms with Crippen LogP contribution in [0.5, 0.6) is 0 Å². The lowest BCUT2D eigenvalue weighted by atomic mass is 9.84. The zero-order valence-electron chi connectivity index (χ0n) is 17.3. The Morgan fingerprint density at radius 1 is 1.19 bits per heavy atom. The van der Waals surface area contributed by atoms with Gasteiger partial charge in [-0.3, -0.25) is 9.59 Å². The number of piperidine rings is 1. The Hall–Kier alpha value is -1.97. The lowest BCUT2D eigenvalue weighted by Gasteiger charge is -2.42. The third-order valence-corrected chi connectivity index (χ3v) is 9.49. The maximum absolute atomic E-state index is 13.7. The van der Waals surface area contributed by atoms with Crippen LogP contribution in [0.15, 0.2) is 44.5 Å². The highest BCUT2D eigenvalue weighted by molar-refractivity contribution is 9.10. The molecule has 1 fully saturated rings. The van der Waals surface area contributed by atoms with E-state index in [1.54, 1.807) is 32.0 Å². The van der Waals surface area contributed by atoms with E-state index in [1.807, 2.05) is 19.1 Å². The number of pyridine rings is 1. The van der Waals surface area contributed by atoms with Crippen LogP contribution in [-0.4, -0.2) is 42.8 Å². The van der Waals surface area contributed by atoms with E-state index in [9.17, 15) is 18.0 Å². The summed E-state index contributed by atoms with van der Waals surface area (Å²) >= 11 is 3.47. The first-order valence-electron chi connectivity index (χ1n) is 10.6. The van der Waals surface area contributed by atoms with Gasteiger partial charge in [-0.25, -0.2) is 8.42 Å². The molecule has 0 aliphatic carbocycles. The van der Waals surface area contributed by atoms with E-state index >= 15 is 0 Å². The number of carbonyl (C=O) groups is 1. The quantitative estimate of drug-likeness (QED) is 0.642. The predicted molar refractivity (Wildman–Crippen MR) is 121 cm³/mol. The third kappa shape index (κ3) is 3.37. The van der Waals surface area contributed by atoms with Gasteiger partial charge in [0.25, 0.3) is 5.56 Å². The van der Waals surface area contributed by atoms with Crippen LogP contribution in [0.3, 0.4) is 0 Å². The highest BCUT2D eigenvalue weighted by Gasteiger charge is 2.40. The SMILES string of the molecule is CCC(=O)N1CCc2cc(Br)c(S(=O)(=O)N3C[C@H]4C[C@@H](C3)c3cccc(=O)n3C4)cc21. The molecule has 5 rings (SSSR count). The van der Waals surface area contributed by atoms with Crippen molar-refractivity contribution < 1.29 is 13.2 Å². The molecular weight excluding hydrogens is 482 g/mol. The average molecular weight is 506 g/mol. The summed E-state index contributed by atoms with van der Waals surface area (Å²) in [6.07, 6.45) is 1.99. The van der Waals surface area contributed by atoms with Crippen molar-refractivity contribution in [1.82, 2.24) is 8.87 Å². The number of anilines is 1. The average Bonchev–Trinajstić information content (AvgIpc) is 3.16. The van der Waals surface area contributed by atoms with Gasteiger partial charge >= 0.3 is 0 Å². The monoisotopic (exact) mass is 505 g/mol. The smallest absolute Gasteiger partial charge is 0.250 e. The van der Waals surface area contributed by atoms with Crippen LogP contribution in [0.2, 0.25) is 0 Å². The van der Waals surface area contributed by atoms with Crippen LogP contribution >= 0.6 is 15.9 Å². The number of rotatable bonds is 3. The number of hydrogen-bond acceptors (Lipinski definition) is 4. The van der Waals surface area contributed by atoms with Gasteiger partial charge in [0.15, 0.2) is 0 Å². The largest absolute Gasteiger partial charge is 0.312 e. The first-order chi connectivity index (χ1) is 14.8. The summed E-state index contributed by atoms with van der Waals surface area (Å²) in [6, 6.07) is 8.73. The van der Waals surface area contributed by atoms with Gasteiger partial charge in [0.2, 0.25) is 15.9 Å². The molecule has 3 aliphatic rings. The van der Waals surface area contributed by atoms with Gasteiger partial charge in [-0.05, 0) is 58.5 Å². The summed E-state index contributed by atoms with van der Waals surface area (Å²) in [5.41, 5.74) is 2.57. The van der Waals surface area contributed by atoms with Crippen LogP contribution in [-0.2, 0) is 27.8 Å². The van der Waals surface area contributed by atoms with Gasteiger partial charge in [0, 0.05) is 60.4 Å². The normalized spacial score (nSPS) is 22.8. The van der Waals surface area contributed by atoms with Crippen LogP contribution in [0.4, 0.5) is 5.69 Å². The fourth-order valence-electron chi connectivity index (χ4n) is 5.22. The zero-order chi connectivity index (χ0) is 21.9. The Labute approximate surface area is 189 Å². The standard InChI is InChI=1S/C22H24BrN3O4S/c1-2-21(27)25-7-6-15-9-17(23)20(10-19(15)25)31(29,30)24-11-14-8-16(13-24)18-4-3-5-22(28)26(18)12-14/h3-5,9-10,14,16H,2,6-8,11-13H2,1H3/t14-,16+/m1/s1. The summed E-state index contributed by atoms with van der Waals surface area (Å²) in [4.78, 5) is 26.5. The molecule has 1 amide bonds. The first-order valence-corrected chi connectivity index (χ1v) is 12.9. The molecule has 2 atom stereocenters. The molecule has 1 aromatic heterocycles. The van der Waals surface area contributed by atoms with Gasteiger partial charge in [-0.2, -0.15) is 4.31 Å². The molecule has 164 valence electrons. The number of halogens is 1. The lowest BCUT2D eigenvalue weighted by molar-refractivity contribution is -0.118. The summed E-state index contributed by atoms with van der Waals surface area (Å²) in [7, 11) is -3.76. The number of amides is 1. The van der Waals surface area contributed by atoms with E-state index in [1.165, 1.54) is 0 Å². The summed E-state index contributed by atoms with van der Waals surface area (Å²) < 4.78 is 31.3. The van der Waals surface area contributed by atoms with Crippen molar-refractivity contribution in [2.45, 2.75) is 43.5 Å². The number of sulfonamides is 1. The molecule has 1 aromatic carbocycles. The molecule has 0 saturated carbocycles. The van der Waals surface area contributed by atoms with Crippen LogP contribution in [0.25, 0.3) is 0 Å². The van der Waals surface area contributed by atoms with Crippen molar-refractivity contribution in [2.75, 3.05) is 24.5 Å². The molecule has 9 heteroatoms. The van der Waals surface area contributed by atoms with Gasteiger partial charge in [-0.1, -0.05) is 13.0 Å². The van der Waals surface area contributed by atoms with Gasteiger partial charge < -0.3 is 9.47 Å². The van der Waals surface area contributed by atoms with E-state index in [0.29, 0.717) is 42.8 Å². The molecular formula is C22H24BrN3O4S. The van der Waals surface area contributed by atoms with Gasteiger partial charge in [0.05, 0.1) is 4.90 Å². The lowest BCUT2D eigenvalue weighted by Crippen LogP contribution is -2.49. The van der Waals surface area contributed by atoms with E-state index in [-0.39, 0.29) is 28.2 Å². The van der Waals surface area contributed by atoms with Crippen molar-refractivity contribution in [2.24, 2.45) is 5.92 Å². The van der Waals surface area contributed by atoms with Gasteiger partial charge in [0.1, 0.15) is 0 Å². The minimum absolute atomic E-state index is 0.000950. The summed E-state index contributed by atoms with van der Waals surface area (Å²) in [5.74, 6) is 0.106. The van der Waals surface area contributed by atoms with Crippen molar-refractivity contribution in [3.63, 3.8) is 0 Å². The highest BCUT2D eigenvalue weighted by atomic mass is 79.9. The van der Waals surface area contributed by atoms with Crippen LogP contribution in [0.1, 0.15) is 36.9 Å². The molecule has 0 unspecified atom stereocenters. The number of nitrogens with zero attached hydrogens (tertiary/aromatic N) is 3. The molecule has 0 N–H and O–H groups in total. The Morgan fingerprint density at radius 2 is 2.00 bits per heavy atom. The fraction of sp³-hybridized carbons (Fsp3) is 0.455. The molecule has 3 aliphatic heterocycles. The van der Waals surface area contributed by atoms with Crippen molar-refractivity contribution in [1.29, 1.82) is 0 Å². The van der Waals surface area contributed by atoms with Crippen molar-refractivity contribution >= 4 is 37.5 Å². The predicted octanol–water partition coefficient (Wildman–Crippen LogP) is 2.72. The first kappa shape index (κ1) is 20.9. The summed E-state index contributed by atoms with van der Waals surface area (Å²) in [5, 5.41) is 0. The number of carbonyl (C=O) groups excluding carboxylic acids is 1. The Morgan fingerprint density at radius 3 is 2.77 bits per heavy atom. The number of hydrogen-bond donors (Lipinski definition) is 0. The summed E-state index contributed by atoms with van der Waals surface area (Å²) in [6.45, 7) is 3.68. The molecule has 7 nitrogen and oxygen atoms in total. The molecule has 0 radical (unpaired) electrons. The Bertz CT molecular complexity index is 1240. The Balaban J connectivity index is 1.51. The second kappa shape index (κ2) is 7.56. The number of fused-ring (bicyclic) bond motifs is 5. The molecule has 2 bridgehead atoms. The van der Waals surface area contributed by atoms with Crippen molar-refractivity contribution in [3.8, 4) is 0 Å². The second-order valence-corrected chi connectivity index (χ2v) is 11.3. The van der Waals surface area contributed by atoms with Crippen LogP contribution in [0, 0.1) is 5.92 Å².